The van der Waals surface area contributed by atoms with Gasteiger partial charge in [0.2, 0.25) is 0 Å². The quantitative estimate of drug-likeness (QED) is 0.639. The Morgan fingerprint density at radius 3 is 1.17 bits per heavy atom. The molecule has 3 aromatic rings. The van der Waals surface area contributed by atoms with E-state index in [0.29, 0.717) is 11.5 Å². The summed E-state index contributed by atoms with van der Waals surface area (Å²) in [6.45, 7) is 7.68. The van der Waals surface area contributed by atoms with Gasteiger partial charge in [0.1, 0.15) is 11.5 Å². The third kappa shape index (κ3) is 2.88. The van der Waals surface area contributed by atoms with E-state index < -0.39 is 0 Å². The Labute approximate surface area is 143 Å². The maximum Gasteiger partial charge on any atom is 0.121 e. The van der Waals surface area contributed by atoms with Crippen molar-refractivity contribution in [1.82, 2.24) is 0 Å². The second-order valence-corrected chi connectivity index (χ2v) is 6.50. The SMILES string of the molecule is Cc1cc(-c2cccc(-c3cc(C)c(O)c(C)c3)c2)cc(C)c1O. The molecule has 0 atom stereocenters. The van der Waals surface area contributed by atoms with Crippen molar-refractivity contribution < 1.29 is 10.2 Å². The fraction of sp³-hybridized carbons (Fsp3) is 0.182. The molecule has 0 spiro atoms. The summed E-state index contributed by atoms with van der Waals surface area (Å²) in [6, 6.07) is 16.4. The van der Waals surface area contributed by atoms with E-state index in [0.717, 1.165) is 44.5 Å². The molecular weight excluding hydrogens is 296 g/mol. The van der Waals surface area contributed by atoms with Crippen LogP contribution in [-0.4, -0.2) is 10.2 Å². The van der Waals surface area contributed by atoms with Crippen LogP contribution in [0.15, 0.2) is 48.5 Å². The summed E-state index contributed by atoms with van der Waals surface area (Å²) in [5.74, 6) is 0.722. The molecule has 0 bridgehead atoms. The lowest BCUT2D eigenvalue weighted by Gasteiger charge is -2.11. The minimum Gasteiger partial charge on any atom is -0.507 e. The molecular formula is C22H22O2. The first-order valence-corrected chi connectivity index (χ1v) is 8.08. The third-order valence-electron chi connectivity index (χ3n) is 4.51. The van der Waals surface area contributed by atoms with Gasteiger partial charge in [0.15, 0.2) is 0 Å². The number of benzene rings is 3. The fourth-order valence-corrected chi connectivity index (χ4v) is 3.12. The Hall–Kier alpha value is -2.74. The van der Waals surface area contributed by atoms with Crippen molar-refractivity contribution in [3.8, 4) is 33.8 Å². The van der Waals surface area contributed by atoms with E-state index >= 15 is 0 Å². The van der Waals surface area contributed by atoms with Crippen molar-refractivity contribution in [3.63, 3.8) is 0 Å². The Morgan fingerprint density at radius 2 is 0.833 bits per heavy atom. The first kappa shape index (κ1) is 16.1. The molecule has 0 aromatic heterocycles. The van der Waals surface area contributed by atoms with Gasteiger partial charge in [0.25, 0.3) is 0 Å². The van der Waals surface area contributed by atoms with Gasteiger partial charge in [-0.2, -0.15) is 0 Å². The smallest absolute Gasteiger partial charge is 0.121 e. The molecule has 3 aromatic carbocycles. The maximum atomic E-state index is 9.97. The van der Waals surface area contributed by atoms with Gasteiger partial charge in [-0.3, -0.25) is 0 Å². The molecule has 0 saturated carbocycles. The summed E-state index contributed by atoms with van der Waals surface area (Å²) in [7, 11) is 0. The highest BCUT2D eigenvalue weighted by Crippen LogP contribution is 2.33. The van der Waals surface area contributed by atoms with Crippen LogP contribution in [0.3, 0.4) is 0 Å². The molecule has 0 amide bonds. The zero-order chi connectivity index (χ0) is 17.4. The van der Waals surface area contributed by atoms with Gasteiger partial charge < -0.3 is 10.2 Å². The van der Waals surface area contributed by atoms with Gasteiger partial charge in [-0.15, -0.1) is 0 Å². The van der Waals surface area contributed by atoms with Gasteiger partial charge in [0.05, 0.1) is 0 Å². The molecule has 2 nitrogen and oxygen atoms in total. The molecule has 0 fully saturated rings. The lowest BCUT2D eigenvalue weighted by atomic mass is 9.95. The fourth-order valence-electron chi connectivity index (χ4n) is 3.12. The van der Waals surface area contributed by atoms with Crippen molar-refractivity contribution in [2.24, 2.45) is 0 Å². The first-order chi connectivity index (χ1) is 11.4. The molecule has 0 radical (unpaired) electrons. The molecule has 122 valence electrons. The van der Waals surface area contributed by atoms with Crippen molar-refractivity contribution >= 4 is 0 Å². The van der Waals surface area contributed by atoms with Crippen LogP contribution in [0.5, 0.6) is 11.5 Å². The predicted molar refractivity (Wildman–Crippen MR) is 99.6 cm³/mol. The molecule has 2 N–H and O–H groups in total. The highest BCUT2D eigenvalue weighted by molar-refractivity contribution is 5.75. The number of phenols is 2. The van der Waals surface area contributed by atoms with Crippen LogP contribution in [0.1, 0.15) is 22.3 Å². The van der Waals surface area contributed by atoms with Gasteiger partial charge in [0, 0.05) is 0 Å². The molecule has 0 aliphatic carbocycles. The van der Waals surface area contributed by atoms with Crippen LogP contribution in [0.25, 0.3) is 22.3 Å². The van der Waals surface area contributed by atoms with Gasteiger partial charge in [-0.25, -0.2) is 0 Å². The average Bonchev–Trinajstić information content (AvgIpc) is 2.56. The standard InChI is InChI=1S/C22H22O2/c1-13-8-19(9-14(2)21(13)23)17-6-5-7-18(12-17)20-10-15(3)22(24)16(4)11-20/h5-12,23-24H,1-4H3. The summed E-state index contributed by atoms with van der Waals surface area (Å²) in [5, 5.41) is 19.9. The minimum atomic E-state index is 0.361. The summed E-state index contributed by atoms with van der Waals surface area (Å²) in [4.78, 5) is 0. The normalized spacial score (nSPS) is 10.8. The number of hydrogen-bond donors (Lipinski definition) is 2. The highest BCUT2D eigenvalue weighted by atomic mass is 16.3. The zero-order valence-corrected chi connectivity index (χ0v) is 14.5. The predicted octanol–water partition coefficient (Wildman–Crippen LogP) is 5.67. The summed E-state index contributed by atoms with van der Waals surface area (Å²) >= 11 is 0. The number of aryl methyl sites for hydroxylation is 4. The van der Waals surface area contributed by atoms with E-state index in [1.807, 2.05) is 58.0 Å². The molecule has 0 aliphatic rings. The molecule has 0 saturated heterocycles. The Balaban J connectivity index is 2.10. The molecule has 0 aliphatic heterocycles. The highest BCUT2D eigenvalue weighted by Gasteiger charge is 2.09. The molecule has 0 unspecified atom stereocenters. The number of rotatable bonds is 2. The van der Waals surface area contributed by atoms with E-state index in [1.54, 1.807) is 0 Å². The van der Waals surface area contributed by atoms with Gasteiger partial charge in [-0.1, -0.05) is 18.2 Å². The van der Waals surface area contributed by atoms with Crippen molar-refractivity contribution in [2.45, 2.75) is 27.7 Å². The van der Waals surface area contributed by atoms with Gasteiger partial charge in [-0.05, 0) is 103 Å². The van der Waals surface area contributed by atoms with Crippen LogP contribution in [0.4, 0.5) is 0 Å². The average molecular weight is 318 g/mol. The van der Waals surface area contributed by atoms with Crippen LogP contribution < -0.4 is 0 Å². The number of aromatic hydroxyl groups is 2. The second-order valence-electron chi connectivity index (χ2n) is 6.50. The monoisotopic (exact) mass is 318 g/mol. The summed E-state index contributed by atoms with van der Waals surface area (Å²) in [6.07, 6.45) is 0. The van der Waals surface area contributed by atoms with Crippen molar-refractivity contribution in [2.75, 3.05) is 0 Å². The Bertz CT molecular complexity index is 804. The van der Waals surface area contributed by atoms with Crippen LogP contribution in [0, 0.1) is 27.7 Å². The number of hydrogen-bond acceptors (Lipinski definition) is 2. The second kappa shape index (κ2) is 6.04. The Morgan fingerprint density at radius 1 is 0.500 bits per heavy atom. The lowest BCUT2D eigenvalue weighted by molar-refractivity contribution is 0.466. The van der Waals surface area contributed by atoms with Gasteiger partial charge >= 0.3 is 0 Å². The molecule has 3 rings (SSSR count). The van der Waals surface area contributed by atoms with Crippen LogP contribution >= 0.6 is 0 Å². The largest absolute Gasteiger partial charge is 0.507 e. The van der Waals surface area contributed by atoms with E-state index in [-0.39, 0.29) is 0 Å². The molecule has 24 heavy (non-hydrogen) atoms. The number of phenolic OH excluding ortho intramolecular Hbond substituents is 2. The minimum absolute atomic E-state index is 0.361. The van der Waals surface area contributed by atoms with E-state index in [9.17, 15) is 10.2 Å². The molecule has 0 heterocycles. The maximum absolute atomic E-state index is 9.97. The van der Waals surface area contributed by atoms with Crippen LogP contribution in [0.2, 0.25) is 0 Å². The summed E-state index contributed by atoms with van der Waals surface area (Å²) in [5.41, 5.74) is 7.94. The zero-order valence-electron chi connectivity index (χ0n) is 14.5. The first-order valence-electron chi connectivity index (χ1n) is 8.08. The third-order valence-corrected chi connectivity index (χ3v) is 4.51. The summed E-state index contributed by atoms with van der Waals surface area (Å²) < 4.78 is 0. The Kier molecular flexibility index (Phi) is 4.06. The molecule has 2 heteroatoms. The van der Waals surface area contributed by atoms with Crippen molar-refractivity contribution in [3.05, 3.63) is 70.8 Å². The van der Waals surface area contributed by atoms with E-state index in [1.165, 1.54) is 0 Å². The van der Waals surface area contributed by atoms with E-state index in [2.05, 4.69) is 18.2 Å². The van der Waals surface area contributed by atoms with Crippen LogP contribution in [-0.2, 0) is 0 Å². The van der Waals surface area contributed by atoms with E-state index in [4.69, 9.17) is 0 Å². The lowest BCUT2D eigenvalue weighted by Crippen LogP contribution is -1.87. The van der Waals surface area contributed by atoms with Crippen molar-refractivity contribution in [1.29, 1.82) is 0 Å². The topological polar surface area (TPSA) is 40.5 Å².